The number of rotatable bonds is 6. The highest BCUT2D eigenvalue weighted by Gasteiger charge is 2.21. The van der Waals surface area contributed by atoms with E-state index >= 15 is 0 Å². The summed E-state index contributed by atoms with van der Waals surface area (Å²) in [6.45, 7) is -0.0559. The summed E-state index contributed by atoms with van der Waals surface area (Å²) >= 11 is 0. The van der Waals surface area contributed by atoms with E-state index in [-0.39, 0.29) is 0 Å². The molecule has 6 nitrogen and oxygen atoms in total. The molecule has 0 saturated heterocycles. The SMILES string of the molecule is O=C(NCCC1CC1)NC(CO)C(=O)O. The third-order valence-electron chi connectivity index (χ3n) is 2.32. The molecule has 15 heavy (non-hydrogen) atoms. The van der Waals surface area contributed by atoms with Gasteiger partial charge in [-0.25, -0.2) is 9.59 Å². The minimum absolute atomic E-state index is 0.544. The summed E-state index contributed by atoms with van der Waals surface area (Å²) in [6.07, 6.45) is 3.37. The lowest BCUT2D eigenvalue weighted by molar-refractivity contribution is -0.140. The summed E-state index contributed by atoms with van der Waals surface area (Å²) in [5, 5.41) is 21.9. The molecule has 1 aliphatic rings. The Bertz CT molecular complexity index is 240. The van der Waals surface area contributed by atoms with Crippen molar-refractivity contribution in [1.82, 2.24) is 10.6 Å². The molecule has 0 radical (unpaired) electrons. The van der Waals surface area contributed by atoms with Crippen LogP contribution in [0.1, 0.15) is 19.3 Å². The van der Waals surface area contributed by atoms with Gasteiger partial charge in [0.05, 0.1) is 6.61 Å². The van der Waals surface area contributed by atoms with Crippen LogP contribution in [0.3, 0.4) is 0 Å². The van der Waals surface area contributed by atoms with Crippen molar-refractivity contribution >= 4 is 12.0 Å². The molecule has 0 spiro atoms. The fourth-order valence-electron chi connectivity index (χ4n) is 1.19. The molecule has 2 amide bonds. The van der Waals surface area contributed by atoms with Crippen LogP contribution in [0.4, 0.5) is 4.79 Å². The van der Waals surface area contributed by atoms with E-state index < -0.39 is 24.6 Å². The number of amides is 2. The fourth-order valence-corrected chi connectivity index (χ4v) is 1.19. The van der Waals surface area contributed by atoms with E-state index in [2.05, 4.69) is 10.6 Å². The molecule has 86 valence electrons. The minimum atomic E-state index is -1.24. The maximum atomic E-state index is 11.1. The van der Waals surface area contributed by atoms with Crippen LogP contribution in [0.15, 0.2) is 0 Å². The van der Waals surface area contributed by atoms with Gasteiger partial charge >= 0.3 is 12.0 Å². The molecule has 1 rings (SSSR count). The van der Waals surface area contributed by atoms with Crippen molar-refractivity contribution in [3.8, 4) is 0 Å². The fraction of sp³-hybridized carbons (Fsp3) is 0.778. The normalized spacial score (nSPS) is 16.9. The van der Waals surface area contributed by atoms with E-state index in [4.69, 9.17) is 10.2 Å². The van der Waals surface area contributed by atoms with Crippen LogP contribution >= 0.6 is 0 Å². The maximum Gasteiger partial charge on any atom is 0.328 e. The molecule has 6 heteroatoms. The largest absolute Gasteiger partial charge is 0.480 e. The molecule has 0 aromatic heterocycles. The van der Waals surface area contributed by atoms with E-state index in [0.717, 1.165) is 12.3 Å². The number of hydrogen-bond acceptors (Lipinski definition) is 3. The van der Waals surface area contributed by atoms with Gasteiger partial charge in [-0.2, -0.15) is 0 Å². The van der Waals surface area contributed by atoms with E-state index in [1.165, 1.54) is 12.8 Å². The van der Waals surface area contributed by atoms with Crippen LogP contribution in [-0.2, 0) is 4.79 Å². The lowest BCUT2D eigenvalue weighted by Gasteiger charge is -2.12. The lowest BCUT2D eigenvalue weighted by atomic mass is 10.3. The molecule has 1 fully saturated rings. The van der Waals surface area contributed by atoms with Crippen LogP contribution in [0.5, 0.6) is 0 Å². The predicted molar refractivity (Wildman–Crippen MR) is 52.4 cm³/mol. The van der Waals surface area contributed by atoms with Crippen molar-refractivity contribution in [3.05, 3.63) is 0 Å². The second kappa shape index (κ2) is 5.55. The monoisotopic (exact) mass is 216 g/mol. The summed E-state index contributed by atoms with van der Waals surface area (Å²) in [6, 6.07) is -1.77. The lowest BCUT2D eigenvalue weighted by Crippen LogP contribution is -2.48. The third kappa shape index (κ3) is 4.64. The van der Waals surface area contributed by atoms with Gasteiger partial charge in [-0.3, -0.25) is 0 Å². The molecule has 1 unspecified atom stereocenters. The predicted octanol–water partition coefficient (Wildman–Crippen LogP) is -0.469. The second-order valence-corrected chi connectivity index (χ2v) is 3.71. The molecule has 0 aromatic carbocycles. The first-order chi connectivity index (χ1) is 7.13. The molecule has 0 heterocycles. The van der Waals surface area contributed by atoms with Gasteiger partial charge in [0, 0.05) is 6.54 Å². The average Bonchev–Trinajstić information content (AvgIpc) is 2.97. The van der Waals surface area contributed by atoms with Gasteiger partial charge in [-0.15, -0.1) is 0 Å². The Kier molecular flexibility index (Phi) is 4.36. The topological polar surface area (TPSA) is 98.7 Å². The molecule has 0 bridgehead atoms. The number of hydrogen-bond donors (Lipinski definition) is 4. The van der Waals surface area contributed by atoms with Crippen molar-refractivity contribution in [2.45, 2.75) is 25.3 Å². The highest BCUT2D eigenvalue weighted by Crippen LogP contribution is 2.31. The number of nitrogens with one attached hydrogen (secondary N) is 2. The van der Waals surface area contributed by atoms with Crippen molar-refractivity contribution in [1.29, 1.82) is 0 Å². The Hall–Kier alpha value is -1.30. The van der Waals surface area contributed by atoms with E-state index in [1.54, 1.807) is 0 Å². The Morgan fingerprint density at radius 1 is 1.40 bits per heavy atom. The zero-order valence-electron chi connectivity index (χ0n) is 8.40. The molecule has 1 atom stereocenters. The first kappa shape index (κ1) is 11.8. The number of aliphatic hydroxyl groups excluding tert-OH is 1. The summed E-state index contributed by atoms with van der Waals surface area (Å²) in [5.74, 6) is -0.520. The van der Waals surface area contributed by atoms with E-state index in [9.17, 15) is 9.59 Å². The minimum Gasteiger partial charge on any atom is -0.480 e. The van der Waals surface area contributed by atoms with Crippen molar-refractivity contribution < 1.29 is 19.8 Å². The smallest absolute Gasteiger partial charge is 0.328 e. The van der Waals surface area contributed by atoms with Gasteiger partial charge in [0.25, 0.3) is 0 Å². The Morgan fingerprint density at radius 3 is 2.53 bits per heavy atom. The Labute approximate surface area is 87.7 Å². The zero-order chi connectivity index (χ0) is 11.3. The molecule has 4 N–H and O–H groups in total. The van der Waals surface area contributed by atoms with Crippen molar-refractivity contribution in [3.63, 3.8) is 0 Å². The second-order valence-electron chi connectivity index (χ2n) is 3.71. The summed E-state index contributed by atoms with van der Waals surface area (Å²) in [4.78, 5) is 21.6. The van der Waals surface area contributed by atoms with Crippen LogP contribution in [0.25, 0.3) is 0 Å². The molecular formula is C9H16N2O4. The standard InChI is InChI=1S/C9H16N2O4/c12-5-7(8(13)14)11-9(15)10-4-3-6-1-2-6/h6-7,12H,1-5H2,(H,13,14)(H2,10,11,15). The van der Waals surface area contributed by atoms with Crippen LogP contribution in [-0.4, -0.2) is 41.4 Å². The number of carbonyl (C=O) groups is 2. The number of carboxylic acid groups (broad SMARTS) is 1. The van der Waals surface area contributed by atoms with E-state index in [0.29, 0.717) is 6.54 Å². The van der Waals surface area contributed by atoms with Crippen molar-refractivity contribution in [2.75, 3.05) is 13.2 Å². The first-order valence-electron chi connectivity index (χ1n) is 5.01. The highest BCUT2D eigenvalue weighted by atomic mass is 16.4. The first-order valence-corrected chi connectivity index (χ1v) is 5.01. The molecule has 0 aromatic rings. The Balaban J connectivity index is 2.12. The average molecular weight is 216 g/mol. The van der Waals surface area contributed by atoms with Gasteiger partial charge in [0.1, 0.15) is 0 Å². The Morgan fingerprint density at radius 2 is 2.07 bits per heavy atom. The number of aliphatic carboxylic acids is 1. The van der Waals surface area contributed by atoms with Gasteiger partial charge in [0.15, 0.2) is 6.04 Å². The quantitative estimate of drug-likeness (QED) is 0.482. The molecule has 0 aliphatic heterocycles. The van der Waals surface area contributed by atoms with Gasteiger partial charge in [-0.1, -0.05) is 12.8 Å². The number of urea groups is 1. The molecule has 1 aliphatic carbocycles. The van der Waals surface area contributed by atoms with Crippen LogP contribution in [0, 0.1) is 5.92 Å². The van der Waals surface area contributed by atoms with Gasteiger partial charge < -0.3 is 20.8 Å². The highest BCUT2D eigenvalue weighted by molar-refractivity contribution is 5.82. The van der Waals surface area contributed by atoms with Gasteiger partial charge in [-0.05, 0) is 12.3 Å². The zero-order valence-corrected chi connectivity index (χ0v) is 8.40. The summed E-state index contributed by atoms with van der Waals surface area (Å²) in [7, 11) is 0. The number of carbonyl (C=O) groups excluding carboxylic acids is 1. The maximum absolute atomic E-state index is 11.1. The van der Waals surface area contributed by atoms with Crippen molar-refractivity contribution in [2.24, 2.45) is 5.92 Å². The van der Waals surface area contributed by atoms with Crippen LogP contribution in [0.2, 0.25) is 0 Å². The van der Waals surface area contributed by atoms with Gasteiger partial charge in [0.2, 0.25) is 0 Å². The number of carboxylic acids is 1. The number of aliphatic hydroxyl groups is 1. The van der Waals surface area contributed by atoms with Crippen LogP contribution < -0.4 is 10.6 Å². The molecular weight excluding hydrogens is 200 g/mol. The third-order valence-corrected chi connectivity index (χ3v) is 2.32. The summed E-state index contributed by atoms with van der Waals surface area (Å²) < 4.78 is 0. The van der Waals surface area contributed by atoms with E-state index in [1.807, 2.05) is 0 Å². The summed E-state index contributed by atoms with van der Waals surface area (Å²) in [5.41, 5.74) is 0. The molecule has 1 saturated carbocycles.